The Morgan fingerprint density at radius 1 is 1.16 bits per heavy atom. The van der Waals surface area contributed by atoms with E-state index in [-0.39, 0.29) is 23.8 Å². The third-order valence-electron chi connectivity index (χ3n) is 4.63. The van der Waals surface area contributed by atoms with Crippen molar-refractivity contribution in [2.75, 3.05) is 7.11 Å². The van der Waals surface area contributed by atoms with E-state index in [9.17, 15) is 14.4 Å². The van der Waals surface area contributed by atoms with Gasteiger partial charge in [0.15, 0.2) is 5.76 Å². The fourth-order valence-corrected chi connectivity index (χ4v) is 3.19. The zero-order valence-corrected chi connectivity index (χ0v) is 17.6. The summed E-state index contributed by atoms with van der Waals surface area (Å²) in [6.07, 6.45) is 5.01. The molecule has 0 aliphatic heterocycles. The van der Waals surface area contributed by atoms with Gasteiger partial charge in [-0.1, -0.05) is 38.1 Å². The fourth-order valence-electron chi connectivity index (χ4n) is 3.19. The number of ether oxygens (including phenoxy) is 1. The molecule has 0 unspecified atom stereocenters. The van der Waals surface area contributed by atoms with Crippen molar-refractivity contribution in [2.24, 2.45) is 5.92 Å². The average Bonchev–Trinajstić information content (AvgIpc) is 3.42. The van der Waals surface area contributed by atoms with Gasteiger partial charge in [-0.05, 0) is 29.7 Å². The highest BCUT2D eigenvalue weighted by Gasteiger charge is 2.26. The van der Waals surface area contributed by atoms with E-state index in [1.54, 1.807) is 18.3 Å². The van der Waals surface area contributed by atoms with Crippen LogP contribution < -0.4 is 10.6 Å². The van der Waals surface area contributed by atoms with Gasteiger partial charge in [0.05, 0.1) is 13.4 Å². The number of methoxy groups -OCH3 is 1. The molecular formula is C23H25N3O5. The highest BCUT2D eigenvalue weighted by atomic mass is 16.5. The van der Waals surface area contributed by atoms with Crippen LogP contribution in [0.1, 0.15) is 30.0 Å². The maximum Gasteiger partial charge on any atom is 0.328 e. The van der Waals surface area contributed by atoms with E-state index in [1.807, 2.05) is 38.1 Å². The van der Waals surface area contributed by atoms with Crippen LogP contribution in [0.5, 0.6) is 0 Å². The van der Waals surface area contributed by atoms with E-state index in [1.165, 1.54) is 19.4 Å². The molecule has 3 rings (SSSR count). The van der Waals surface area contributed by atoms with Gasteiger partial charge >= 0.3 is 5.97 Å². The molecule has 0 saturated carbocycles. The number of esters is 1. The lowest BCUT2D eigenvalue weighted by Crippen LogP contribution is -2.46. The van der Waals surface area contributed by atoms with Crippen LogP contribution >= 0.6 is 0 Å². The highest BCUT2D eigenvalue weighted by molar-refractivity contribution is 6.02. The highest BCUT2D eigenvalue weighted by Crippen LogP contribution is 2.19. The largest absolute Gasteiger partial charge is 0.467 e. The predicted molar refractivity (Wildman–Crippen MR) is 115 cm³/mol. The number of fused-ring (bicyclic) bond motifs is 1. The minimum absolute atomic E-state index is 0.0251. The Morgan fingerprint density at radius 3 is 2.61 bits per heavy atom. The van der Waals surface area contributed by atoms with Gasteiger partial charge in [0.2, 0.25) is 0 Å². The van der Waals surface area contributed by atoms with Crippen molar-refractivity contribution in [1.29, 1.82) is 0 Å². The molecule has 1 atom stereocenters. The third-order valence-corrected chi connectivity index (χ3v) is 4.63. The summed E-state index contributed by atoms with van der Waals surface area (Å²) in [5.41, 5.74) is 1.82. The van der Waals surface area contributed by atoms with Crippen LogP contribution in [0.25, 0.3) is 10.9 Å². The summed E-state index contributed by atoms with van der Waals surface area (Å²) in [6.45, 7) is 3.74. The first-order valence-corrected chi connectivity index (χ1v) is 9.89. The summed E-state index contributed by atoms with van der Waals surface area (Å²) in [6, 6.07) is 9.81. The molecule has 3 N–H and O–H groups in total. The first-order chi connectivity index (χ1) is 14.9. The second-order valence-corrected chi connectivity index (χ2v) is 7.37. The molecule has 8 nitrogen and oxygen atoms in total. The molecule has 2 heterocycles. The molecule has 8 heteroatoms. The Hall–Kier alpha value is -3.81. The topological polar surface area (TPSA) is 113 Å². The number of aromatic amines is 1. The Balaban J connectivity index is 1.80. The number of hydrogen-bond donors (Lipinski definition) is 3. The van der Waals surface area contributed by atoms with Crippen LogP contribution in [0.4, 0.5) is 0 Å². The van der Waals surface area contributed by atoms with Gasteiger partial charge in [0.1, 0.15) is 11.7 Å². The summed E-state index contributed by atoms with van der Waals surface area (Å²) in [5, 5.41) is 6.20. The molecule has 2 amide bonds. The molecule has 162 valence electrons. The second kappa shape index (κ2) is 9.80. The van der Waals surface area contributed by atoms with Gasteiger partial charge in [-0.15, -0.1) is 0 Å². The lowest BCUT2D eigenvalue weighted by atomic mass is 10.0. The van der Waals surface area contributed by atoms with E-state index in [0.29, 0.717) is 0 Å². The third kappa shape index (κ3) is 5.42. The smallest absolute Gasteiger partial charge is 0.328 e. The van der Waals surface area contributed by atoms with Crippen molar-refractivity contribution in [3.63, 3.8) is 0 Å². The Bertz CT molecular complexity index is 1100. The van der Waals surface area contributed by atoms with E-state index in [0.717, 1.165) is 16.5 Å². The van der Waals surface area contributed by atoms with Crippen molar-refractivity contribution in [2.45, 2.75) is 26.3 Å². The van der Waals surface area contributed by atoms with Crippen LogP contribution in [0, 0.1) is 5.92 Å². The van der Waals surface area contributed by atoms with Crippen molar-refractivity contribution < 1.29 is 23.5 Å². The van der Waals surface area contributed by atoms with Crippen LogP contribution in [0.15, 0.2) is 65.0 Å². The zero-order chi connectivity index (χ0) is 22.4. The summed E-state index contributed by atoms with van der Waals surface area (Å²) < 4.78 is 9.97. The van der Waals surface area contributed by atoms with Crippen molar-refractivity contribution in [3.05, 3.63) is 72.0 Å². The number of nitrogens with one attached hydrogen (secondary N) is 3. The molecular weight excluding hydrogens is 398 g/mol. The average molecular weight is 423 g/mol. The number of rotatable bonds is 8. The normalized spacial score (nSPS) is 12.6. The number of carbonyl (C=O) groups excluding carboxylic acids is 3. The van der Waals surface area contributed by atoms with Gasteiger partial charge in [-0.2, -0.15) is 0 Å². The maximum absolute atomic E-state index is 13.0. The lowest BCUT2D eigenvalue weighted by molar-refractivity contribution is -0.144. The minimum atomic E-state index is -0.937. The first kappa shape index (κ1) is 21.9. The molecule has 0 saturated heterocycles. The molecule has 0 spiro atoms. The standard InChI is InChI=1S/C23H25N3O5/c1-14(2)11-18(25-22(28)20-9-6-10-31-20)21(27)26-19(23(29)30-3)12-15-13-24-17-8-5-4-7-16(15)17/h4-11,13-14,19,24H,12H2,1-3H3,(H,25,28)(H,26,27)/b18-11-/t19-/m0/s1. The molecule has 0 bridgehead atoms. The Labute approximate surface area is 179 Å². The Kier molecular flexibility index (Phi) is 6.92. The van der Waals surface area contributed by atoms with Crippen LogP contribution in [0.3, 0.4) is 0 Å². The molecule has 31 heavy (non-hydrogen) atoms. The lowest BCUT2D eigenvalue weighted by Gasteiger charge is -2.18. The number of aromatic nitrogens is 1. The number of para-hydroxylation sites is 1. The van der Waals surface area contributed by atoms with Crippen molar-refractivity contribution in [1.82, 2.24) is 15.6 Å². The van der Waals surface area contributed by atoms with Gasteiger partial charge < -0.3 is 24.8 Å². The summed E-state index contributed by atoms with van der Waals surface area (Å²) >= 11 is 0. The summed E-state index contributed by atoms with van der Waals surface area (Å²) in [5.74, 6) is -1.68. The van der Waals surface area contributed by atoms with Crippen molar-refractivity contribution in [3.8, 4) is 0 Å². The minimum Gasteiger partial charge on any atom is -0.467 e. The predicted octanol–water partition coefficient (Wildman–Crippen LogP) is 2.93. The number of benzene rings is 1. The second-order valence-electron chi connectivity index (χ2n) is 7.37. The summed E-state index contributed by atoms with van der Waals surface area (Å²) in [4.78, 5) is 40.9. The van der Waals surface area contributed by atoms with Crippen molar-refractivity contribution >= 4 is 28.7 Å². The molecule has 0 radical (unpaired) electrons. The van der Waals surface area contributed by atoms with E-state index in [2.05, 4.69) is 15.6 Å². The molecule has 0 aliphatic carbocycles. The number of carbonyl (C=O) groups is 3. The van der Waals surface area contributed by atoms with E-state index < -0.39 is 23.8 Å². The SMILES string of the molecule is COC(=O)[C@H](Cc1c[nH]c2ccccc12)NC(=O)/C(=C/C(C)C)NC(=O)c1ccco1. The molecule has 0 aliphatic rings. The maximum atomic E-state index is 13.0. The van der Waals surface area contributed by atoms with Gasteiger partial charge in [-0.3, -0.25) is 9.59 Å². The number of allylic oxidation sites excluding steroid dienone is 1. The van der Waals surface area contributed by atoms with Crippen LogP contribution in [0.2, 0.25) is 0 Å². The number of amides is 2. The molecule has 2 aromatic heterocycles. The number of H-pyrrole nitrogens is 1. The fraction of sp³-hybridized carbons (Fsp3) is 0.261. The van der Waals surface area contributed by atoms with Gasteiger partial charge in [0, 0.05) is 23.5 Å². The Morgan fingerprint density at radius 2 is 1.94 bits per heavy atom. The molecule has 3 aromatic rings. The quantitative estimate of drug-likeness (QED) is 0.381. The van der Waals surface area contributed by atoms with Gasteiger partial charge in [-0.25, -0.2) is 4.79 Å². The van der Waals surface area contributed by atoms with Crippen LogP contribution in [-0.2, 0) is 20.7 Å². The number of furan rings is 1. The zero-order valence-electron chi connectivity index (χ0n) is 17.6. The first-order valence-electron chi connectivity index (χ1n) is 9.89. The molecule has 1 aromatic carbocycles. The van der Waals surface area contributed by atoms with E-state index >= 15 is 0 Å². The molecule has 0 fully saturated rings. The van der Waals surface area contributed by atoms with Crippen LogP contribution in [-0.4, -0.2) is 35.9 Å². The number of hydrogen-bond acceptors (Lipinski definition) is 5. The monoisotopic (exact) mass is 423 g/mol. The summed E-state index contributed by atoms with van der Waals surface area (Å²) in [7, 11) is 1.26. The van der Waals surface area contributed by atoms with Gasteiger partial charge in [0.25, 0.3) is 11.8 Å². The van der Waals surface area contributed by atoms with E-state index in [4.69, 9.17) is 9.15 Å².